The number of methoxy groups -OCH3 is 1. The molecule has 0 saturated carbocycles. The molecule has 0 fully saturated rings. The molecule has 22 heavy (non-hydrogen) atoms. The number of rotatable bonds is 5. The predicted octanol–water partition coefficient (Wildman–Crippen LogP) is 2.79. The Balaban J connectivity index is 2.22. The van der Waals surface area contributed by atoms with Gasteiger partial charge in [0, 0.05) is 13.6 Å². The van der Waals surface area contributed by atoms with Crippen LogP contribution in [0.25, 0.3) is 0 Å². The number of nitrogens with zero attached hydrogens (tertiary/aromatic N) is 1. The van der Waals surface area contributed by atoms with Gasteiger partial charge in [0.1, 0.15) is 5.75 Å². The first kappa shape index (κ1) is 16.4. The highest BCUT2D eigenvalue weighted by Crippen LogP contribution is 2.20. The molecule has 118 valence electrons. The van der Waals surface area contributed by atoms with Crippen molar-refractivity contribution in [3.05, 3.63) is 59.7 Å². The van der Waals surface area contributed by atoms with Crippen molar-refractivity contribution in [1.82, 2.24) is 4.31 Å². The molecule has 0 amide bonds. The summed E-state index contributed by atoms with van der Waals surface area (Å²) in [5.41, 5.74) is 0.745. The lowest BCUT2D eigenvalue weighted by molar-refractivity contribution is 0.414. The molecule has 0 unspecified atom stereocenters. The fraction of sp³-hybridized carbons (Fsp3) is 0.200. The van der Waals surface area contributed by atoms with E-state index in [1.54, 1.807) is 24.3 Å². The van der Waals surface area contributed by atoms with E-state index in [1.807, 2.05) is 0 Å². The van der Waals surface area contributed by atoms with E-state index in [1.165, 1.54) is 14.2 Å². The third-order valence-corrected chi connectivity index (χ3v) is 4.96. The molecule has 0 heterocycles. The lowest BCUT2D eigenvalue weighted by atomic mass is 10.2. The van der Waals surface area contributed by atoms with Gasteiger partial charge in [0.2, 0.25) is 10.0 Å². The first-order valence-electron chi connectivity index (χ1n) is 6.39. The van der Waals surface area contributed by atoms with E-state index in [4.69, 9.17) is 4.74 Å². The standard InChI is InChI=1S/C15H15F2NO3S/c1-18(10-11-3-5-12(21-2)6-4-11)22(19,20)13-7-8-14(16)15(17)9-13/h3-9H,10H2,1-2H3. The van der Waals surface area contributed by atoms with Crippen LogP contribution in [0.15, 0.2) is 47.4 Å². The highest BCUT2D eigenvalue weighted by Gasteiger charge is 2.22. The highest BCUT2D eigenvalue weighted by atomic mass is 32.2. The fourth-order valence-corrected chi connectivity index (χ4v) is 3.06. The topological polar surface area (TPSA) is 46.6 Å². The van der Waals surface area contributed by atoms with Crippen molar-refractivity contribution >= 4 is 10.0 Å². The zero-order valence-corrected chi connectivity index (χ0v) is 12.9. The normalized spacial score (nSPS) is 11.7. The van der Waals surface area contributed by atoms with Crippen LogP contribution in [0.1, 0.15) is 5.56 Å². The number of ether oxygens (including phenoxy) is 1. The van der Waals surface area contributed by atoms with Crippen LogP contribution in [0.4, 0.5) is 8.78 Å². The maximum Gasteiger partial charge on any atom is 0.243 e. The van der Waals surface area contributed by atoms with Gasteiger partial charge in [0.05, 0.1) is 12.0 Å². The summed E-state index contributed by atoms with van der Waals surface area (Å²) in [5, 5.41) is 0. The molecule has 4 nitrogen and oxygen atoms in total. The van der Waals surface area contributed by atoms with Crippen LogP contribution in [0.2, 0.25) is 0 Å². The Hall–Kier alpha value is -1.99. The molecule has 0 N–H and O–H groups in total. The summed E-state index contributed by atoms with van der Waals surface area (Å²) in [6, 6.07) is 9.41. The average Bonchev–Trinajstić information content (AvgIpc) is 2.50. The Morgan fingerprint density at radius 3 is 2.23 bits per heavy atom. The van der Waals surface area contributed by atoms with Crippen LogP contribution < -0.4 is 4.74 Å². The number of halogens is 2. The SMILES string of the molecule is COc1ccc(CN(C)S(=O)(=O)c2ccc(F)c(F)c2)cc1. The minimum Gasteiger partial charge on any atom is -0.497 e. The van der Waals surface area contributed by atoms with E-state index in [-0.39, 0.29) is 11.4 Å². The maximum absolute atomic E-state index is 13.2. The monoisotopic (exact) mass is 327 g/mol. The molecule has 0 aliphatic rings. The number of hydrogen-bond acceptors (Lipinski definition) is 3. The fourth-order valence-electron chi connectivity index (χ4n) is 1.89. The molecule has 0 spiro atoms. The van der Waals surface area contributed by atoms with Gasteiger partial charge < -0.3 is 4.74 Å². The van der Waals surface area contributed by atoms with Crippen LogP contribution in [0.3, 0.4) is 0 Å². The van der Waals surface area contributed by atoms with Crippen LogP contribution >= 0.6 is 0 Å². The predicted molar refractivity (Wildman–Crippen MR) is 78.0 cm³/mol. The van der Waals surface area contributed by atoms with E-state index >= 15 is 0 Å². The lowest BCUT2D eigenvalue weighted by Crippen LogP contribution is -2.26. The molecular formula is C15H15F2NO3S. The van der Waals surface area contributed by atoms with Crippen molar-refractivity contribution < 1.29 is 21.9 Å². The average molecular weight is 327 g/mol. The summed E-state index contributed by atoms with van der Waals surface area (Å²) in [6.45, 7) is 0.103. The largest absolute Gasteiger partial charge is 0.497 e. The smallest absolute Gasteiger partial charge is 0.243 e. The summed E-state index contributed by atoms with van der Waals surface area (Å²) in [4.78, 5) is -0.289. The molecule has 2 rings (SSSR count). The second-order valence-corrected chi connectivity index (χ2v) is 6.73. The Labute approximate surface area is 128 Å². The minimum atomic E-state index is -3.90. The van der Waals surface area contributed by atoms with Crippen molar-refractivity contribution in [3.8, 4) is 5.75 Å². The second kappa shape index (κ2) is 6.41. The van der Waals surface area contributed by atoms with Gasteiger partial charge in [-0.05, 0) is 35.9 Å². The zero-order chi connectivity index (χ0) is 16.3. The molecule has 0 saturated heterocycles. The van der Waals surface area contributed by atoms with Crippen molar-refractivity contribution in [1.29, 1.82) is 0 Å². The van der Waals surface area contributed by atoms with Crippen LogP contribution in [0.5, 0.6) is 5.75 Å². The van der Waals surface area contributed by atoms with Gasteiger partial charge >= 0.3 is 0 Å². The Morgan fingerprint density at radius 2 is 1.68 bits per heavy atom. The number of benzene rings is 2. The van der Waals surface area contributed by atoms with Crippen LogP contribution in [-0.4, -0.2) is 26.9 Å². The molecule has 2 aromatic carbocycles. The van der Waals surface area contributed by atoms with E-state index < -0.39 is 21.7 Å². The van der Waals surface area contributed by atoms with Crippen molar-refractivity contribution in [3.63, 3.8) is 0 Å². The quantitative estimate of drug-likeness (QED) is 0.848. The Bertz CT molecular complexity index is 761. The molecule has 0 radical (unpaired) electrons. The summed E-state index contributed by atoms with van der Waals surface area (Å²) in [5.74, 6) is -1.62. The summed E-state index contributed by atoms with van der Waals surface area (Å²) in [7, 11) is -0.985. The molecule has 0 atom stereocenters. The Morgan fingerprint density at radius 1 is 1.05 bits per heavy atom. The highest BCUT2D eigenvalue weighted by molar-refractivity contribution is 7.89. The molecule has 2 aromatic rings. The maximum atomic E-state index is 13.2. The molecule has 0 bridgehead atoms. The number of hydrogen-bond donors (Lipinski definition) is 0. The van der Waals surface area contributed by atoms with Gasteiger partial charge in [-0.3, -0.25) is 0 Å². The summed E-state index contributed by atoms with van der Waals surface area (Å²) < 4.78 is 56.9. The van der Waals surface area contributed by atoms with Crippen LogP contribution in [0, 0.1) is 11.6 Å². The minimum absolute atomic E-state index is 0.103. The van der Waals surface area contributed by atoms with Crippen molar-refractivity contribution in [2.45, 2.75) is 11.4 Å². The van der Waals surface area contributed by atoms with Gasteiger partial charge in [-0.25, -0.2) is 17.2 Å². The first-order chi connectivity index (χ1) is 10.3. The van der Waals surface area contributed by atoms with E-state index in [9.17, 15) is 17.2 Å². The van der Waals surface area contributed by atoms with Crippen molar-refractivity contribution in [2.24, 2.45) is 0 Å². The third-order valence-electron chi connectivity index (χ3n) is 3.16. The van der Waals surface area contributed by atoms with Gasteiger partial charge in [-0.2, -0.15) is 4.31 Å². The lowest BCUT2D eigenvalue weighted by Gasteiger charge is -2.17. The first-order valence-corrected chi connectivity index (χ1v) is 7.83. The van der Waals surface area contributed by atoms with Gasteiger partial charge in [0.25, 0.3) is 0 Å². The molecule has 0 aromatic heterocycles. The van der Waals surface area contributed by atoms with E-state index in [2.05, 4.69) is 0 Å². The molecule has 0 aliphatic carbocycles. The third kappa shape index (κ3) is 3.42. The summed E-state index contributed by atoms with van der Waals surface area (Å²) >= 11 is 0. The Kier molecular flexibility index (Phi) is 4.77. The molecular weight excluding hydrogens is 312 g/mol. The summed E-state index contributed by atoms with van der Waals surface area (Å²) in [6.07, 6.45) is 0. The zero-order valence-electron chi connectivity index (χ0n) is 12.1. The van der Waals surface area contributed by atoms with Gasteiger partial charge in [0.15, 0.2) is 11.6 Å². The van der Waals surface area contributed by atoms with Crippen LogP contribution in [-0.2, 0) is 16.6 Å². The van der Waals surface area contributed by atoms with Gasteiger partial charge in [-0.1, -0.05) is 12.1 Å². The van der Waals surface area contributed by atoms with Crippen molar-refractivity contribution in [2.75, 3.05) is 14.2 Å². The van der Waals surface area contributed by atoms with Gasteiger partial charge in [-0.15, -0.1) is 0 Å². The number of sulfonamides is 1. The van der Waals surface area contributed by atoms with E-state index in [0.717, 1.165) is 22.0 Å². The van der Waals surface area contributed by atoms with E-state index in [0.29, 0.717) is 11.8 Å². The molecule has 0 aliphatic heterocycles. The second-order valence-electron chi connectivity index (χ2n) is 4.69. The molecule has 7 heteroatoms.